The molecule has 7 heteroatoms. The molecule has 0 amide bonds. The van der Waals surface area contributed by atoms with Crippen LogP contribution in [0.2, 0.25) is 5.02 Å². The fourth-order valence-electron chi connectivity index (χ4n) is 1.02. The van der Waals surface area contributed by atoms with Crippen LogP contribution in [-0.2, 0) is 9.84 Å². The third-order valence-electron chi connectivity index (χ3n) is 1.60. The Bertz CT molecular complexity index is 499. The summed E-state index contributed by atoms with van der Waals surface area (Å²) < 4.78 is 22.5. The van der Waals surface area contributed by atoms with Gasteiger partial charge in [0.05, 0.1) is 9.92 Å². The fraction of sp³-hybridized carbons (Fsp3) is 0.125. The molecule has 15 heavy (non-hydrogen) atoms. The Kier molecular flexibility index (Phi) is 3.54. The molecule has 0 saturated heterocycles. The van der Waals surface area contributed by atoms with Crippen LogP contribution in [0.3, 0.4) is 0 Å². The van der Waals surface area contributed by atoms with Gasteiger partial charge in [-0.1, -0.05) is 11.6 Å². The zero-order chi connectivity index (χ0) is 11.6. The molecular weight excluding hydrogens is 256 g/mol. The number of benzene rings is 1. The average molecular weight is 265 g/mol. The summed E-state index contributed by atoms with van der Waals surface area (Å²) in [5.74, 6) is 0. The molecule has 0 aliphatic rings. The van der Waals surface area contributed by atoms with Crippen LogP contribution < -0.4 is 11.1 Å². The van der Waals surface area contributed by atoms with E-state index in [0.29, 0.717) is 5.69 Å². The van der Waals surface area contributed by atoms with Gasteiger partial charge in [0.1, 0.15) is 0 Å². The molecule has 0 aliphatic carbocycles. The molecule has 0 radical (unpaired) electrons. The molecule has 4 nitrogen and oxygen atoms in total. The van der Waals surface area contributed by atoms with Gasteiger partial charge < -0.3 is 11.1 Å². The molecule has 3 N–H and O–H groups in total. The molecule has 0 saturated carbocycles. The number of rotatable bonds is 2. The van der Waals surface area contributed by atoms with Crippen LogP contribution in [0.25, 0.3) is 0 Å². The van der Waals surface area contributed by atoms with Crippen molar-refractivity contribution in [2.75, 3.05) is 11.6 Å². The average Bonchev–Trinajstić information content (AvgIpc) is 1.99. The summed E-state index contributed by atoms with van der Waals surface area (Å²) in [4.78, 5) is 0.0812. The van der Waals surface area contributed by atoms with Crippen LogP contribution in [0.15, 0.2) is 23.1 Å². The Morgan fingerprint density at radius 3 is 2.53 bits per heavy atom. The van der Waals surface area contributed by atoms with Crippen molar-refractivity contribution in [1.82, 2.24) is 0 Å². The Hall–Kier alpha value is -0.850. The van der Waals surface area contributed by atoms with E-state index < -0.39 is 9.84 Å². The minimum absolute atomic E-state index is 0.0812. The molecular formula is C8H9ClN2O2S2. The summed E-state index contributed by atoms with van der Waals surface area (Å²) in [6, 6.07) is 4.40. The van der Waals surface area contributed by atoms with Gasteiger partial charge in [0.15, 0.2) is 14.9 Å². The maximum atomic E-state index is 11.2. The summed E-state index contributed by atoms with van der Waals surface area (Å²) in [7, 11) is -3.30. The van der Waals surface area contributed by atoms with E-state index in [1.807, 2.05) is 0 Å². The Labute approximate surface area is 98.3 Å². The lowest BCUT2D eigenvalue weighted by molar-refractivity contribution is 0.602. The van der Waals surface area contributed by atoms with E-state index in [1.165, 1.54) is 12.1 Å². The Balaban J connectivity index is 3.15. The highest BCUT2D eigenvalue weighted by Gasteiger charge is 2.12. The van der Waals surface area contributed by atoms with E-state index in [1.54, 1.807) is 6.07 Å². The van der Waals surface area contributed by atoms with E-state index in [2.05, 4.69) is 17.5 Å². The molecule has 0 spiro atoms. The van der Waals surface area contributed by atoms with Gasteiger partial charge in [-0.25, -0.2) is 8.42 Å². The van der Waals surface area contributed by atoms with E-state index in [9.17, 15) is 8.42 Å². The first-order valence-electron chi connectivity index (χ1n) is 3.87. The van der Waals surface area contributed by atoms with Gasteiger partial charge >= 0.3 is 0 Å². The van der Waals surface area contributed by atoms with Gasteiger partial charge in [0, 0.05) is 11.9 Å². The highest BCUT2D eigenvalue weighted by atomic mass is 35.5. The van der Waals surface area contributed by atoms with E-state index in [0.717, 1.165) is 6.26 Å². The molecule has 1 aromatic rings. The van der Waals surface area contributed by atoms with Crippen molar-refractivity contribution in [3.05, 3.63) is 23.2 Å². The van der Waals surface area contributed by atoms with Crippen LogP contribution in [0, 0.1) is 0 Å². The monoisotopic (exact) mass is 264 g/mol. The fourth-order valence-corrected chi connectivity index (χ4v) is 2.47. The van der Waals surface area contributed by atoms with Crippen molar-refractivity contribution < 1.29 is 8.42 Å². The number of sulfone groups is 1. The Morgan fingerprint density at radius 2 is 2.13 bits per heavy atom. The van der Waals surface area contributed by atoms with Gasteiger partial charge in [0.25, 0.3) is 0 Å². The predicted octanol–water partition coefficient (Wildman–Crippen LogP) is 1.40. The first-order valence-corrected chi connectivity index (χ1v) is 6.54. The number of hydrogen-bond acceptors (Lipinski definition) is 3. The standard InChI is InChI=1S/C8H9ClN2O2S2/c1-15(12,13)7-3-2-5(4-6(7)9)11-8(10)14/h2-4H,1H3,(H3,10,11,14). The molecule has 1 aromatic carbocycles. The zero-order valence-electron chi connectivity index (χ0n) is 7.82. The SMILES string of the molecule is CS(=O)(=O)c1ccc(NC(N)=S)cc1Cl. The molecule has 0 bridgehead atoms. The topological polar surface area (TPSA) is 72.2 Å². The van der Waals surface area contributed by atoms with Crippen LogP contribution in [0.1, 0.15) is 0 Å². The zero-order valence-corrected chi connectivity index (χ0v) is 10.2. The molecule has 0 aliphatic heterocycles. The van der Waals surface area contributed by atoms with Gasteiger partial charge in [-0.2, -0.15) is 0 Å². The van der Waals surface area contributed by atoms with Crippen molar-refractivity contribution in [2.45, 2.75) is 4.90 Å². The van der Waals surface area contributed by atoms with Crippen molar-refractivity contribution in [3.8, 4) is 0 Å². The van der Waals surface area contributed by atoms with Crippen LogP contribution in [-0.4, -0.2) is 19.8 Å². The molecule has 0 atom stereocenters. The molecule has 0 aromatic heterocycles. The van der Waals surface area contributed by atoms with Crippen LogP contribution in [0.5, 0.6) is 0 Å². The predicted molar refractivity (Wildman–Crippen MR) is 65.0 cm³/mol. The minimum Gasteiger partial charge on any atom is -0.376 e. The summed E-state index contributed by atoms with van der Waals surface area (Å²) in [6.07, 6.45) is 1.09. The molecule has 82 valence electrons. The first kappa shape index (κ1) is 12.2. The molecule has 0 fully saturated rings. The largest absolute Gasteiger partial charge is 0.376 e. The Morgan fingerprint density at radius 1 is 1.53 bits per heavy atom. The van der Waals surface area contributed by atoms with Crippen LogP contribution in [0.4, 0.5) is 5.69 Å². The second kappa shape index (κ2) is 4.34. The highest BCUT2D eigenvalue weighted by Crippen LogP contribution is 2.24. The van der Waals surface area contributed by atoms with Crippen molar-refractivity contribution in [2.24, 2.45) is 5.73 Å². The third kappa shape index (κ3) is 3.33. The number of halogens is 1. The summed E-state index contributed by atoms with van der Waals surface area (Å²) in [5.41, 5.74) is 5.81. The number of hydrogen-bond donors (Lipinski definition) is 2. The molecule has 0 unspecified atom stereocenters. The number of nitrogens with one attached hydrogen (secondary N) is 1. The van der Waals surface area contributed by atoms with Crippen molar-refractivity contribution in [1.29, 1.82) is 0 Å². The summed E-state index contributed by atoms with van der Waals surface area (Å²) >= 11 is 10.4. The quantitative estimate of drug-likeness (QED) is 0.790. The van der Waals surface area contributed by atoms with E-state index in [4.69, 9.17) is 17.3 Å². The van der Waals surface area contributed by atoms with E-state index >= 15 is 0 Å². The molecule has 1 rings (SSSR count). The first-order chi connectivity index (χ1) is 6.80. The minimum atomic E-state index is -3.30. The van der Waals surface area contributed by atoms with Gasteiger partial charge in [-0.3, -0.25) is 0 Å². The lowest BCUT2D eigenvalue weighted by Gasteiger charge is -2.06. The molecule has 0 heterocycles. The maximum absolute atomic E-state index is 11.2. The van der Waals surface area contributed by atoms with Gasteiger partial charge in [0.2, 0.25) is 0 Å². The highest BCUT2D eigenvalue weighted by molar-refractivity contribution is 7.90. The second-order valence-electron chi connectivity index (χ2n) is 2.91. The smallest absolute Gasteiger partial charge is 0.176 e. The normalized spacial score (nSPS) is 11.1. The van der Waals surface area contributed by atoms with Gasteiger partial charge in [-0.05, 0) is 30.4 Å². The van der Waals surface area contributed by atoms with Crippen molar-refractivity contribution in [3.63, 3.8) is 0 Å². The summed E-state index contributed by atoms with van der Waals surface area (Å²) in [6.45, 7) is 0. The van der Waals surface area contributed by atoms with Crippen molar-refractivity contribution >= 4 is 44.5 Å². The number of anilines is 1. The van der Waals surface area contributed by atoms with Crippen LogP contribution >= 0.6 is 23.8 Å². The third-order valence-corrected chi connectivity index (χ3v) is 3.28. The lowest BCUT2D eigenvalue weighted by Crippen LogP contribution is -2.18. The number of nitrogens with two attached hydrogens (primary N) is 1. The van der Waals surface area contributed by atoms with E-state index in [-0.39, 0.29) is 15.0 Å². The second-order valence-corrected chi connectivity index (χ2v) is 5.74. The number of thiocarbonyl (C=S) groups is 1. The lowest BCUT2D eigenvalue weighted by atomic mass is 10.3. The summed E-state index contributed by atoms with van der Waals surface area (Å²) in [5, 5.41) is 2.89. The van der Waals surface area contributed by atoms with Gasteiger partial charge in [-0.15, -0.1) is 0 Å². The maximum Gasteiger partial charge on any atom is 0.176 e.